The van der Waals surface area contributed by atoms with Crippen LogP contribution in [0.5, 0.6) is 0 Å². The van der Waals surface area contributed by atoms with E-state index in [2.05, 4.69) is 229 Å². The molecule has 4 rings (SSSR count). The maximum Gasteiger partial charge on any atom is 0.416 e. The smallest absolute Gasteiger partial charge is 0.193 e. The number of aryl methyl sites for hydroxylation is 4. The molecule has 0 atom stereocenters. The highest BCUT2D eigenvalue weighted by Crippen LogP contribution is 2.66. The van der Waals surface area contributed by atoms with E-state index in [1.165, 1.54) is 33.4 Å². The van der Waals surface area contributed by atoms with Crippen LogP contribution >= 0.6 is 15.9 Å². The molecule has 71 heavy (non-hydrogen) atoms. The molecule has 0 heterocycles. The van der Waals surface area contributed by atoms with Gasteiger partial charge < -0.3 is 0 Å². The van der Waals surface area contributed by atoms with E-state index in [1.54, 1.807) is 0 Å². The molecule has 0 saturated carbocycles. The summed E-state index contributed by atoms with van der Waals surface area (Å²) in [6.07, 6.45) is -0.0927. The molecule has 0 aliphatic heterocycles. The fourth-order valence-electron chi connectivity index (χ4n) is 10.1. The van der Waals surface area contributed by atoms with E-state index >= 15 is 0 Å². The minimum Gasteiger partial charge on any atom is -0.193 e. The third kappa shape index (κ3) is 15.5. The van der Waals surface area contributed by atoms with Gasteiger partial charge in [-0.1, -0.05) is 215 Å². The lowest BCUT2D eigenvalue weighted by Gasteiger charge is -2.36. The molecule has 4 aromatic rings. The Morgan fingerprint density at radius 3 is 0.676 bits per heavy atom. The zero-order valence-corrected chi connectivity index (χ0v) is 51.8. The van der Waals surface area contributed by atoms with Gasteiger partial charge in [0.15, 0.2) is 6.16 Å². The van der Waals surface area contributed by atoms with Crippen LogP contribution in [0.4, 0.5) is 0 Å². The zero-order chi connectivity index (χ0) is 55.8. The quantitative estimate of drug-likeness (QED) is 0.103. The van der Waals surface area contributed by atoms with Gasteiger partial charge in [-0.2, -0.15) is 29.4 Å². The average Bonchev–Trinajstić information content (AvgIpc) is 3.10. The number of rotatable bonds is 7. The summed E-state index contributed by atoms with van der Waals surface area (Å²) < 4.78 is 0. The first-order valence-corrected chi connectivity index (χ1v) is 29.5. The first kappa shape index (κ1) is 62.8. The van der Waals surface area contributed by atoms with Crippen LogP contribution in [0.15, 0.2) is 48.5 Å². The second-order valence-electron chi connectivity index (χ2n) is 29.5. The van der Waals surface area contributed by atoms with Crippen LogP contribution in [0.3, 0.4) is 0 Å². The van der Waals surface area contributed by atoms with Crippen molar-refractivity contribution in [3.05, 3.63) is 138 Å². The Hall–Kier alpha value is -2.50. The molecule has 0 bridgehead atoms. The van der Waals surface area contributed by atoms with Crippen LogP contribution in [-0.2, 0) is 43.3 Å². The van der Waals surface area contributed by atoms with Crippen molar-refractivity contribution < 1.29 is 29.4 Å². The molecule has 0 saturated heterocycles. The summed E-state index contributed by atoms with van der Waals surface area (Å²) in [5.41, 5.74) is 15.7. The van der Waals surface area contributed by atoms with E-state index in [1.807, 2.05) is 13.8 Å². The summed E-state index contributed by atoms with van der Waals surface area (Å²) in [6.45, 7) is 61.1. The van der Waals surface area contributed by atoms with Gasteiger partial charge in [-0.05, 0) is 149 Å². The molecule has 6 N–H and O–H groups in total. The summed E-state index contributed by atoms with van der Waals surface area (Å²) in [5, 5.41) is 0. The van der Waals surface area contributed by atoms with Crippen molar-refractivity contribution in [3.63, 3.8) is 0 Å². The van der Waals surface area contributed by atoms with Gasteiger partial charge in [-0.3, -0.25) is 0 Å². The van der Waals surface area contributed by atoms with Crippen LogP contribution in [0.2, 0.25) is 0 Å². The molecule has 8 heteroatoms. The van der Waals surface area contributed by atoms with Crippen molar-refractivity contribution in [3.8, 4) is 0 Å². The topological polar surface area (TPSA) is 121 Å². The SMILES string of the molecule is Cc1cc(C(C)(C)C)cc(C(C)(C)C)c1C(C[P+](O)(O)O)c1c(C)cc(C(C)(C)C)cc1C(C)(C)C.Cc1cc(C(C)(C)C)cc(C(C)(C)C)c1C(c1c(C)cc(C(C)(C)C)cc1C(C)(C)C)[P+](O)(O)O. The van der Waals surface area contributed by atoms with Gasteiger partial charge in [-0.15, -0.1) is 0 Å². The van der Waals surface area contributed by atoms with E-state index in [-0.39, 0.29) is 55.4 Å². The lowest BCUT2D eigenvalue weighted by molar-refractivity contribution is 0.319. The minimum absolute atomic E-state index is 0.0126. The molecular weight excluding hydrogens is 915 g/mol. The zero-order valence-electron chi connectivity index (χ0n) is 50.1. The third-order valence-electron chi connectivity index (χ3n) is 14.3. The van der Waals surface area contributed by atoms with Crippen molar-refractivity contribution >= 4 is 15.9 Å². The fraction of sp³-hybridized carbons (Fsp3) is 0.619. The highest BCUT2D eigenvalue weighted by molar-refractivity contribution is 7.59. The highest BCUT2D eigenvalue weighted by atomic mass is 31.2. The van der Waals surface area contributed by atoms with Gasteiger partial charge in [0, 0.05) is 11.1 Å². The van der Waals surface area contributed by atoms with Crippen LogP contribution in [0.25, 0.3) is 0 Å². The monoisotopic (exact) mass is 1020 g/mol. The van der Waals surface area contributed by atoms with Gasteiger partial charge in [0.05, 0.1) is 5.92 Å². The average molecular weight is 1020 g/mol. The molecule has 0 fully saturated rings. The van der Waals surface area contributed by atoms with Crippen LogP contribution in [0.1, 0.15) is 267 Å². The van der Waals surface area contributed by atoms with Gasteiger partial charge >= 0.3 is 15.9 Å². The van der Waals surface area contributed by atoms with E-state index in [9.17, 15) is 29.4 Å². The number of hydrogen-bond donors (Lipinski definition) is 6. The first-order valence-electron chi connectivity index (χ1n) is 26.0. The Labute approximate surface area is 435 Å². The predicted octanol–water partition coefficient (Wildman–Crippen LogP) is 16.7. The number of hydrogen-bond acceptors (Lipinski definition) is 6. The van der Waals surface area contributed by atoms with Gasteiger partial charge in [0.2, 0.25) is 5.66 Å². The standard InChI is InChI=1S/C32H52O3P.C31H50O3P/c1-20-15-22(29(3,4)5)17-25(31(9,10)11)27(20)24(19-36(33,34)35)28-21(2)16-23(30(6,7)8)18-26(28)32(12,13)14;1-19-15-21(28(3,4)5)17-23(30(9,10)11)25(19)27(35(32,33)34)26-20(2)16-22(29(6,7)8)18-24(26)31(12,13)14/h15-18,24,33-35H,19H2,1-14H3;15-18,27,32-34H,1-14H3/q2*+1. The molecule has 0 amide bonds. The first-order chi connectivity index (χ1) is 31.2. The van der Waals surface area contributed by atoms with Gasteiger partial charge in [0.1, 0.15) is 0 Å². The molecule has 4 aromatic carbocycles. The van der Waals surface area contributed by atoms with Crippen molar-refractivity contribution in [2.24, 2.45) is 0 Å². The molecule has 0 aliphatic rings. The normalized spacial score (nSPS) is 14.1. The maximum absolute atomic E-state index is 11.1. The minimum atomic E-state index is -4.33. The van der Waals surface area contributed by atoms with E-state index in [4.69, 9.17) is 0 Å². The van der Waals surface area contributed by atoms with E-state index < -0.39 is 21.5 Å². The van der Waals surface area contributed by atoms with E-state index in [0.717, 1.165) is 55.6 Å². The van der Waals surface area contributed by atoms with Gasteiger partial charge in [0.25, 0.3) is 0 Å². The van der Waals surface area contributed by atoms with Crippen LogP contribution in [-0.4, -0.2) is 35.5 Å². The van der Waals surface area contributed by atoms with Crippen molar-refractivity contribution in [2.45, 2.75) is 249 Å². The molecule has 0 unspecified atom stereocenters. The molecule has 0 aliphatic carbocycles. The summed E-state index contributed by atoms with van der Waals surface area (Å²) >= 11 is 0. The second kappa shape index (κ2) is 20.6. The fourth-order valence-corrected chi connectivity index (χ4v) is 12.4. The lowest BCUT2D eigenvalue weighted by Crippen LogP contribution is -2.26. The van der Waals surface area contributed by atoms with Crippen molar-refractivity contribution in [1.29, 1.82) is 0 Å². The molecule has 6 nitrogen and oxygen atoms in total. The highest BCUT2D eigenvalue weighted by Gasteiger charge is 2.51. The largest absolute Gasteiger partial charge is 0.416 e. The molecule has 0 spiro atoms. The summed E-state index contributed by atoms with van der Waals surface area (Å²) in [6, 6.07) is 17.8. The molecule has 398 valence electrons. The Balaban J connectivity index is 0.000000375. The van der Waals surface area contributed by atoms with Gasteiger partial charge in [-0.25, -0.2) is 0 Å². The third-order valence-corrected chi connectivity index (χ3v) is 16.3. The Morgan fingerprint density at radius 1 is 0.310 bits per heavy atom. The van der Waals surface area contributed by atoms with Crippen molar-refractivity contribution in [2.75, 3.05) is 6.16 Å². The maximum atomic E-state index is 11.1. The van der Waals surface area contributed by atoms with Crippen LogP contribution < -0.4 is 0 Å². The molecule has 0 radical (unpaired) electrons. The van der Waals surface area contributed by atoms with Crippen molar-refractivity contribution in [1.82, 2.24) is 0 Å². The van der Waals surface area contributed by atoms with E-state index in [0.29, 0.717) is 0 Å². The van der Waals surface area contributed by atoms with Crippen LogP contribution in [0, 0.1) is 27.7 Å². The lowest BCUT2D eigenvalue weighted by atomic mass is 9.69. The Kier molecular flexibility index (Phi) is 18.2. The predicted molar refractivity (Wildman–Crippen MR) is 310 cm³/mol. The summed E-state index contributed by atoms with van der Waals surface area (Å²) in [4.78, 5) is 64.7. The Morgan fingerprint density at radius 2 is 0.507 bits per heavy atom. The Bertz CT molecular complexity index is 2370. The molecule has 0 aromatic heterocycles. The second-order valence-corrected chi connectivity index (χ2v) is 33.0. The summed E-state index contributed by atoms with van der Waals surface area (Å²) in [7, 11) is -8.40. The molecular formula is C63H102O6P2+2. The summed E-state index contributed by atoms with van der Waals surface area (Å²) in [5.74, 6) is -0.343. The number of benzene rings is 4.